The zero-order valence-corrected chi connectivity index (χ0v) is 9.44. The molecule has 0 heterocycles. The Kier molecular flexibility index (Phi) is 3.61. The van der Waals surface area contributed by atoms with Crippen LogP contribution in [-0.2, 0) is 0 Å². The van der Waals surface area contributed by atoms with Gasteiger partial charge >= 0.3 is 0 Å². The summed E-state index contributed by atoms with van der Waals surface area (Å²) < 4.78 is 3.35. The topological polar surface area (TPSA) is 38.0 Å². The largest absolute Gasteiger partial charge is 0.398 e. The molecule has 2 nitrogen and oxygen atoms in total. The third-order valence-electron chi connectivity index (χ3n) is 1.97. The molecule has 1 rings (SSSR count). The zero-order chi connectivity index (χ0) is 10.6. The van der Waals surface area contributed by atoms with Gasteiger partial charge in [-0.3, -0.25) is 4.72 Å². The SMILES string of the molecule is C=S(=C)(NCCC)c1ccccc1N. The smallest absolute Gasteiger partial charge is 0.0454 e. The van der Waals surface area contributed by atoms with Crippen molar-refractivity contribution in [3.8, 4) is 0 Å². The Morgan fingerprint density at radius 1 is 1.36 bits per heavy atom. The quantitative estimate of drug-likeness (QED) is 0.590. The predicted molar refractivity (Wildman–Crippen MR) is 69.2 cm³/mol. The van der Waals surface area contributed by atoms with Crippen LogP contribution in [0.5, 0.6) is 0 Å². The zero-order valence-electron chi connectivity index (χ0n) is 8.62. The van der Waals surface area contributed by atoms with Crippen molar-refractivity contribution in [2.75, 3.05) is 12.3 Å². The van der Waals surface area contributed by atoms with E-state index in [-0.39, 0.29) is 0 Å². The summed E-state index contributed by atoms with van der Waals surface area (Å²) in [6.45, 7) is 3.05. The van der Waals surface area contributed by atoms with Crippen molar-refractivity contribution in [1.29, 1.82) is 0 Å². The van der Waals surface area contributed by atoms with Gasteiger partial charge in [0.1, 0.15) is 0 Å². The molecule has 0 aliphatic heterocycles. The highest BCUT2D eigenvalue weighted by Gasteiger charge is 2.03. The Balaban J connectivity index is 2.99. The standard InChI is InChI=1S/C11H18N2S/c1-4-9-13-14(2,3)11-8-6-5-7-10(11)12/h5-8,13H,2-4,9,12H2,1H3. The van der Waals surface area contributed by atoms with Crippen LogP contribution in [0.25, 0.3) is 0 Å². The van der Waals surface area contributed by atoms with E-state index >= 15 is 0 Å². The summed E-state index contributed by atoms with van der Waals surface area (Å²) in [6, 6.07) is 7.78. The number of nitrogens with one attached hydrogen (secondary N) is 1. The molecule has 3 N–H and O–H groups in total. The molecule has 0 aliphatic rings. The molecule has 0 saturated carbocycles. The van der Waals surface area contributed by atoms with Crippen LogP contribution in [0.2, 0.25) is 0 Å². The molecule has 0 radical (unpaired) electrons. The summed E-state index contributed by atoms with van der Waals surface area (Å²) in [4.78, 5) is 1.04. The molecule has 14 heavy (non-hydrogen) atoms. The molecule has 0 fully saturated rings. The second kappa shape index (κ2) is 4.53. The van der Waals surface area contributed by atoms with Gasteiger partial charge in [-0.15, -0.1) is 9.39 Å². The lowest BCUT2D eigenvalue weighted by Crippen LogP contribution is -2.11. The van der Waals surface area contributed by atoms with Gasteiger partial charge in [-0.05, 0) is 18.6 Å². The van der Waals surface area contributed by atoms with Crippen molar-refractivity contribution in [1.82, 2.24) is 4.72 Å². The van der Waals surface area contributed by atoms with E-state index in [1.165, 1.54) is 0 Å². The van der Waals surface area contributed by atoms with Gasteiger partial charge in [-0.1, -0.05) is 30.8 Å². The maximum absolute atomic E-state index is 5.88. The number of rotatable bonds is 4. The average molecular weight is 210 g/mol. The monoisotopic (exact) mass is 210 g/mol. The normalized spacial score (nSPS) is 11.5. The van der Waals surface area contributed by atoms with Crippen LogP contribution in [0, 0.1) is 0 Å². The highest BCUT2D eigenvalue weighted by atomic mass is 32.2. The number of benzene rings is 1. The summed E-state index contributed by atoms with van der Waals surface area (Å²) in [5.74, 6) is 8.24. The summed E-state index contributed by atoms with van der Waals surface area (Å²) in [7, 11) is -1.43. The molecule has 0 bridgehead atoms. The molecule has 0 saturated heterocycles. The lowest BCUT2D eigenvalue weighted by molar-refractivity contribution is 0.875. The highest BCUT2D eigenvalue weighted by molar-refractivity contribution is 8.26. The Bertz CT molecular complexity index is 394. The summed E-state index contributed by atoms with van der Waals surface area (Å²) in [6.07, 6.45) is 1.08. The van der Waals surface area contributed by atoms with Crippen molar-refractivity contribution in [3.63, 3.8) is 0 Å². The third-order valence-corrected chi connectivity index (χ3v) is 3.94. The van der Waals surface area contributed by atoms with Gasteiger partial charge in [0.25, 0.3) is 0 Å². The molecule has 0 amide bonds. The molecule has 1 aromatic rings. The van der Waals surface area contributed by atoms with Crippen LogP contribution in [-0.4, -0.2) is 18.3 Å². The van der Waals surface area contributed by atoms with E-state index in [2.05, 4.69) is 23.4 Å². The van der Waals surface area contributed by atoms with Crippen molar-refractivity contribution < 1.29 is 0 Å². The second-order valence-electron chi connectivity index (χ2n) is 3.32. The Hall–Kier alpha value is -0.930. The molecule has 0 aromatic heterocycles. The first-order valence-corrected chi connectivity index (χ1v) is 6.63. The Morgan fingerprint density at radius 2 is 2.00 bits per heavy atom. The highest BCUT2D eigenvalue weighted by Crippen LogP contribution is 2.32. The molecule has 1 aromatic carbocycles. The van der Waals surface area contributed by atoms with E-state index in [1.54, 1.807) is 0 Å². The van der Waals surface area contributed by atoms with E-state index in [0.717, 1.165) is 23.5 Å². The molecule has 0 unspecified atom stereocenters. The lowest BCUT2D eigenvalue weighted by Gasteiger charge is -2.18. The minimum absolute atomic E-state index is 0.774. The van der Waals surface area contributed by atoms with E-state index < -0.39 is 9.39 Å². The summed E-state index contributed by atoms with van der Waals surface area (Å²) in [5.41, 5.74) is 6.65. The van der Waals surface area contributed by atoms with Crippen molar-refractivity contribution in [3.05, 3.63) is 24.3 Å². The molecular formula is C11H18N2S. The maximum Gasteiger partial charge on any atom is 0.0454 e. The molecular weight excluding hydrogens is 192 g/mol. The minimum atomic E-state index is -1.43. The molecule has 0 aliphatic carbocycles. The fourth-order valence-electron chi connectivity index (χ4n) is 1.21. The van der Waals surface area contributed by atoms with Gasteiger partial charge in [0, 0.05) is 17.1 Å². The van der Waals surface area contributed by atoms with Gasteiger partial charge in [0.2, 0.25) is 0 Å². The molecule has 78 valence electrons. The van der Waals surface area contributed by atoms with Gasteiger partial charge in [0.15, 0.2) is 0 Å². The second-order valence-corrected chi connectivity index (χ2v) is 5.81. The number of hydrogen-bond donors (Lipinski definition) is 2. The number of nitrogens with two attached hydrogens (primary N) is 1. The molecule has 3 heteroatoms. The van der Waals surface area contributed by atoms with Gasteiger partial charge in [0.05, 0.1) is 0 Å². The minimum Gasteiger partial charge on any atom is -0.398 e. The first kappa shape index (κ1) is 11.1. The molecule has 0 spiro atoms. The predicted octanol–water partition coefficient (Wildman–Crippen LogP) is 2.21. The van der Waals surface area contributed by atoms with Crippen LogP contribution in [0.1, 0.15) is 13.3 Å². The summed E-state index contributed by atoms with van der Waals surface area (Å²) >= 11 is 0. The van der Waals surface area contributed by atoms with Crippen LogP contribution in [0.15, 0.2) is 29.2 Å². The lowest BCUT2D eigenvalue weighted by atomic mass is 10.3. The first-order chi connectivity index (χ1) is 6.58. The van der Waals surface area contributed by atoms with E-state index in [9.17, 15) is 0 Å². The maximum atomic E-state index is 5.88. The first-order valence-electron chi connectivity index (χ1n) is 4.66. The number of anilines is 1. The van der Waals surface area contributed by atoms with Crippen LogP contribution >= 0.6 is 9.39 Å². The number of para-hydroxylation sites is 1. The average Bonchev–Trinajstić information content (AvgIpc) is 2.15. The van der Waals surface area contributed by atoms with Gasteiger partial charge in [-0.2, -0.15) is 0 Å². The van der Waals surface area contributed by atoms with E-state index in [1.807, 2.05) is 24.3 Å². The Labute approximate surface area is 86.7 Å². The summed E-state index contributed by atoms with van der Waals surface area (Å²) in [5, 5.41) is 0. The fraction of sp³-hybridized carbons (Fsp3) is 0.273. The third kappa shape index (κ3) is 2.53. The van der Waals surface area contributed by atoms with Gasteiger partial charge in [-0.25, -0.2) is 0 Å². The van der Waals surface area contributed by atoms with Crippen LogP contribution in [0.3, 0.4) is 0 Å². The van der Waals surface area contributed by atoms with Gasteiger partial charge < -0.3 is 5.73 Å². The molecule has 0 atom stereocenters. The van der Waals surface area contributed by atoms with Crippen molar-refractivity contribution >= 4 is 26.8 Å². The number of hydrogen-bond acceptors (Lipinski definition) is 2. The van der Waals surface area contributed by atoms with Crippen molar-refractivity contribution in [2.24, 2.45) is 0 Å². The van der Waals surface area contributed by atoms with Crippen LogP contribution < -0.4 is 10.5 Å². The fourth-order valence-corrected chi connectivity index (χ4v) is 2.82. The van der Waals surface area contributed by atoms with Crippen LogP contribution in [0.4, 0.5) is 5.69 Å². The van der Waals surface area contributed by atoms with Crippen molar-refractivity contribution in [2.45, 2.75) is 18.2 Å². The number of nitrogen functional groups attached to an aromatic ring is 1. The van der Waals surface area contributed by atoms with E-state index in [4.69, 9.17) is 5.73 Å². The van der Waals surface area contributed by atoms with E-state index in [0.29, 0.717) is 0 Å². The Morgan fingerprint density at radius 3 is 2.57 bits per heavy atom.